The van der Waals surface area contributed by atoms with Crippen molar-refractivity contribution in [1.82, 2.24) is 14.7 Å². The highest BCUT2D eigenvalue weighted by molar-refractivity contribution is 6.31. The Balaban J connectivity index is 2.21. The van der Waals surface area contributed by atoms with Crippen LogP contribution in [-0.2, 0) is 6.54 Å². The Morgan fingerprint density at radius 1 is 1.48 bits per heavy atom. The topological polar surface area (TPSA) is 47.1 Å². The van der Waals surface area contributed by atoms with Gasteiger partial charge < -0.3 is 10.6 Å². The Kier molecular flexibility index (Phi) is 5.33. The molecule has 0 bridgehead atoms. The summed E-state index contributed by atoms with van der Waals surface area (Å²) >= 11 is 6.39. The minimum atomic E-state index is -0.0301. The Hall–Kier alpha value is -0.580. The Labute approximate surface area is 133 Å². The third-order valence-corrected chi connectivity index (χ3v) is 5.22. The van der Waals surface area contributed by atoms with E-state index in [0.29, 0.717) is 10.9 Å². The van der Waals surface area contributed by atoms with E-state index < -0.39 is 0 Å². The second kappa shape index (κ2) is 6.67. The van der Waals surface area contributed by atoms with Gasteiger partial charge in [0.25, 0.3) is 0 Å². The molecule has 2 atom stereocenters. The van der Waals surface area contributed by atoms with Crippen molar-refractivity contribution < 1.29 is 0 Å². The Morgan fingerprint density at radius 3 is 2.81 bits per heavy atom. The van der Waals surface area contributed by atoms with Crippen molar-refractivity contribution >= 4 is 11.6 Å². The normalized spacial score (nSPS) is 23.5. The van der Waals surface area contributed by atoms with Gasteiger partial charge in [-0.3, -0.25) is 4.68 Å². The van der Waals surface area contributed by atoms with Crippen molar-refractivity contribution in [3.05, 3.63) is 16.9 Å². The summed E-state index contributed by atoms with van der Waals surface area (Å²) in [5.41, 5.74) is 7.93. The smallest absolute Gasteiger partial charge is 0.0834 e. The second-order valence-electron chi connectivity index (χ2n) is 7.27. The molecule has 0 saturated heterocycles. The molecule has 2 N–H and O–H groups in total. The van der Waals surface area contributed by atoms with E-state index in [2.05, 4.69) is 37.9 Å². The van der Waals surface area contributed by atoms with E-state index in [0.717, 1.165) is 18.8 Å². The van der Waals surface area contributed by atoms with Crippen LogP contribution in [0.4, 0.5) is 0 Å². The standard InChI is InChI=1S/C16H29ClN4/c1-16(2)8-6-5-7-12(16)14(18)15-13(17)11-19-21(15)10-9-20(3)4/h11-12,14H,5-10,18H2,1-4H3. The van der Waals surface area contributed by atoms with Crippen molar-refractivity contribution in [2.75, 3.05) is 20.6 Å². The predicted molar refractivity (Wildman–Crippen MR) is 88.5 cm³/mol. The van der Waals surface area contributed by atoms with Crippen molar-refractivity contribution in [3.8, 4) is 0 Å². The van der Waals surface area contributed by atoms with E-state index in [-0.39, 0.29) is 11.5 Å². The van der Waals surface area contributed by atoms with Gasteiger partial charge in [-0.05, 0) is 38.3 Å². The summed E-state index contributed by atoms with van der Waals surface area (Å²) in [7, 11) is 4.13. The molecule has 0 radical (unpaired) electrons. The Bertz CT molecular complexity index is 467. The van der Waals surface area contributed by atoms with Crippen LogP contribution >= 0.6 is 11.6 Å². The van der Waals surface area contributed by atoms with Crippen LogP contribution in [0.1, 0.15) is 51.3 Å². The Morgan fingerprint density at radius 2 is 2.19 bits per heavy atom. The molecular formula is C16H29ClN4. The molecule has 1 heterocycles. The zero-order valence-corrected chi connectivity index (χ0v) is 14.5. The first-order chi connectivity index (χ1) is 9.83. The van der Waals surface area contributed by atoms with Gasteiger partial charge in [0, 0.05) is 6.54 Å². The summed E-state index contributed by atoms with van der Waals surface area (Å²) in [4.78, 5) is 2.15. The molecule has 0 spiro atoms. The van der Waals surface area contributed by atoms with Crippen LogP contribution in [0.15, 0.2) is 6.20 Å². The number of hydrogen-bond acceptors (Lipinski definition) is 3. The van der Waals surface area contributed by atoms with E-state index in [9.17, 15) is 0 Å². The highest BCUT2D eigenvalue weighted by Crippen LogP contribution is 2.46. The summed E-state index contributed by atoms with van der Waals surface area (Å²) in [6.07, 6.45) is 6.75. The van der Waals surface area contributed by atoms with Gasteiger partial charge in [0.1, 0.15) is 0 Å². The third kappa shape index (κ3) is 3.79. The molecule has 2 unspecified atom stereocenters. The monoisotopic (exact) mass is 312 g/mol. The van der Waals surface area contributed by atoms with Crippen LogP contribution in [0.5, 0.6) is 0 Å². The maximum atomic E-state index is 6.64. The second-order valence-corrected chi connectivity index (χ2v) is 7.68. The predicted octanol–water partition coefficient (Wildman–Crippen LogP) is 3.31. The summed E-state index contributed by atoms with van der Waals surface area (Å²) < 4.78 is 2.00. The highest BCUT2D eigenvalue weighted by atomic mass is 35.5. The maximum Gasteiger partial charge on any atom is 0.0834 e. The van der Waals surface area contributed by atoms with E-state index >= 15 is 0 Å². The molecule has 4 nitrogen and oxygen atoms in total. The average molecular weight is 313 g/mol. The van der Waals surface area contributed by atoms with Crippen LogP contribution in [0.3, 0.4) is 0 Å². The number of nitrogens with two attached hydrogens (primary N) is 1. The van der Waals surface area contributed by atoms with Crippen molar-refractivity contribution in [2.24, 2.45) is 17.1 Å². The van der Waals surface area contributed by atoms with Crippen LogP contribution in [0.2, 0.25) is 5.02 Å². The molecule has 1 aliphatic carbocycles. The molecule has 1 aromatic rings. The molecule has 0 aliphatic heterocycles. The van der Waals surface area contributed by atoms with E-state index in [1.54, 1.807) is 6.20 Å². The molecule has 0 aromatic carbocycles. The zero-order valence-electron chi connectivity index (χ0n) is 13.8. The molecule has 1 fully saturated rings. The molecule has 21 heavy (non-hydrogen) atoms. The van der Waals surface area contributed by atoms with Gasteiger partial charge in [-0.1, -0.05) is 38.3 Å². The SMILES string of the molecule is CN(C)CCn1ncc(Cl)c1C(N)C1CCCCC1(C)C. The van der Waals surface area contributed by atoms with Crippen LogP contribution in [0.25, 0.3) is 0 Å². The first-order valence-corrected chi connectivity index (χ1v) is 8.32. The molecular weight excluding hydrogens is 284 g/mol. The van der Waals surface area contributed by atoms with E-state index in [1.807, 2.05) is 4.68 Å². The molecule has 2 rings (SSSR count). The number of likely N-dealkylation sites (N-methyl/N-ethyl adjacent to an activating group) is 1. The zero-order chi connectivity index (χ0) is 15.6. The van der Waals surface area contributed by atoms with E-state index in [1.165, 1.54) is 25.7 Å². The lowest BCUT2D eigenvalue weighted by atomic mass is 9.65. The molecule has 0 amide bonds. The molecule has 1 aliphatic rings. The average Bonchev–Trinajstić information content (AvgIpc) is 2.76. The van der Waals surface area contributed by atoms with Crippen LogP contribution in [-0.4, -0.2) is 35.3 Å². The van der Waals surface area contributed by atoms with Crippen molar-refractivity contribution in [2.45, 2.75) is 52.1 Å². The lowest BCUT2D eigenvalue weighted by Crippen LogP contribution is -2.37. The highest BCUT2D eigenvalue weighted by Gasteiger charge is 2.38. The molecule has 1 aromatic heterocycles. The van der Waals surface area contributed by atoms with Gasteiger partial charge in [-0.15, -0.1) is 0 Å². The van der Waals surface area contributed by atoms with Crippen molar-refractivity contribution in [3.63, 3.8) is 0 Å². The summed E-state index contributed by atoms with van der Waals surface area (Å²) in [6, 6.07) is -0.0301. The number of halogens is 1. The lowest BCUT2D eigenvalue weighted by molar-refractivity contribution is 0.109. The van der Waals surface area contributed by atoms with Gasteiger partial charge in [-0.2, -0.15) is 5.10 Å². The first kappa shape index (κ1) is 16.8. The van der Waals surface area contributed by atoms with Gasteiger partial charge >= 0.3 is 0 Å². The molecule has 120 valence electrons. The molecule has 5 heteroatoms. The fraction of sp³-hybridized carbons (Fsp3) is 0.812. The van der Waals surface area contributed by atoms with Crippen molar-refractivity contribution in [1.29, 1.82) is 0 Å². The fourth-order valence-electron chi connectivity index (χ4n) is 3.55. The fourth-order valence-corrected chi connectivity index (χ4v) is 3.82. The number of rotatable bonds is 5. The molecule has 1 saturated carbocycles. The number of nitrogens with zero attached hydrogens (tertiary/aromatic N) is 3. The summed E-state index contributed by atoms with van der Waals surface area (Å²) in [5, 5.41) is 5.14. The minimum absolute atomic E-state index is 0.0301. The number of hydrogen-bond donors (Lipinski definition) is 1. The first-order valence-electron chi connectivity index (χ1n) is 7.94. The van der Waals surface area contributed by atoms with Gasteiger partial charge in [-0.25, -0.2) is 0 Å². The maximum absolute atomic E-state index is 6.64. The summed E-state index contributed by atoms with van der Waals surface area (Å²) in [6.45, 7) is 6.44. The van der Waals surface area contributed by atoms with Gasteiger partial charge in [0.15, 0.2) is 0 Å². The quantitative estimate of drug-likeness (QED) is 0.907. The minimum Gasteiger partial charge on any atom is -0.322 e. The lowest BCUT2D eigenvalue weighted by Gasteiger charge is -2.42. The third-order valence-electron chi connectivity index (χ3n) is 4.93. The largest absolute Gasteiger partial charge is 0.322 e. The van der Waals surface area contributed by atoms with E-state index in [4.69, 9.17) is 17.3 Å². The van der Waals surface area contributed by atoms with Gasteiger partial charge in [0.2, 0.25) is 0 Å². The van der Waals surface area contributed by atoms with Crippen LogP contribution < -0.4 is 5.73 Å². The number of aromatic nitrogens is 2. The van der Waals surface area contributed by atoms with Gasteiger partial charge in [0.05, 0.1) is 29.5 Å². The van der Waals surface area contributed by atoms with Crippen LogP contribution in [0, 0.1) is 11.3 Å². The summed E-state index contributed by atoms with van der Waals surface area (Å²) in [5.74, 6) is 0.471.